The number of carbonyl (C=O) groups is 2. The Balaban J connectivity index is 2.10. The zero-order valence-corrected chi connectivity index (χ0v) is 16.0. The average molecular weight is 429 g/mol. The van der Waals surface area contributed by atoms with Crippen LogP contribution in [0.1, 0.15) is 17.3 Å². The van der Waals surface area contributed by atoms with E-state index in [4.69, 9.17) is 14.6 Å². The summed E-state index contributed by atoms with van der Waals surface area (Å²) in [6.07, 6.45) is 0. The van der Waals surface area contributed by atoms with Gasteiger partial charge in [0.05, 0.1) is 22.0 Å². The molecular formula is C15H15N3O8S2. The number of rotatable bonds is 8. The molecule has 1 heterocycles. The maximum Gasteiger partial charge on any atom is 0.341 e. The van der Waals surface area contributed by atoms with Crippen LogP contribution >= 0.6 is 11.3 Å². The summed E-state index contributed by atoms with van der Waals surface area (Å²) in [6, 6.07) is 4.27. The predicted molar refractivity (Wildman–Crippen MR) is 98.9 cm³/mol. The smallest absolute Gasteiger partial charge is 0.341 e. The Bertz CT molecular complexity index is 1020. The minimum Gasteiger partial charge on any atom is -0.477 e. The predicted octanol–water partition coefficient (Wildman–Crippen LogP) is 1.50. The van der Waals surface area contributed by atoms with E-state index in [2.05, 4.69) is 5.32 Å². The van der Waals surface area contributed by atoms with E-state index >= 15 is 0 Å². The van der Waals surface area contributed by atoms with Crippen LogP contribution in [-0.2, 0) is 19.6 Å². The van der Waals surface area contributed by atoms with Gasteiger partial charge in [-0.1, -0.05) is 0 Å². The SMILES string of the molecule is CCOC(=O)c1ccsc1NC(=O)COc1ccc(S(N)(=O)=O)cc1[N+](=O)[O-]. The van der Waals surface area contributed by atoms with Crippen molar-refractivity contribution in [3.63, 3.8) is 0 Å². The number of primary sulfonamides is 1. The number of amides is 1. The third-order valence-corrected chi connectivity index (χ3v) is 4.97. The molecule has 0 atom stereocenters. The molecule has 0 saturated carbocycles. The van der Waals surface area contributed by atoms with Gasteiger partial charge in [0.2, 0.25) is 10.0 Å². The molecule has 0 aliphatic carbocycles. The number of thiophene rings is 1. The van der Waals surface area contributed by atoms with Gasteiger partial charge in [-0.15, -0.1) is 11.3 Å². The van der Waals surface area contributed by atoms with Crippen molar-refractivity contribution < 1.29 is 32.4 Å². The summed E-state index contributed by atoms with van der Waals surface area (Å²) in [7, 11) is -4.14. The highest BCUT2D eigenvalue weighted by Gasteiger charge is 2.21. The number of nitro groups is 1. The van der Waals surface area contributed by atoms with E-state index in [1.54, 1.807) is 12.3 Å². The molecule has 3 N–H and O–H groups in total. The number of nitrogens with two attached hydrogens (primary N) is 1. The van der Waals surface area contributed by atoms with Crippen molar-refractivity contribution in [2.75, 3.05) is 18.5 Å². The van der Waals surface area contributed by atoms with Crippen LogP contribution in [0.5, 0.6) is 5.75 Å². The number of hydrogen-bond acceptors (Lipinski definition) is 9. The van der Waals surface area contributed by atoms with Crippen molar-refractivity contribution in [3.05, 3.63) is 45.3 Å². The topological polar surface area (TPSA) is 168 Å². The molecule has 1 amide bonds. The lowest BCUT2D eigenvalue weighted by Crippen LogP contribution is -2.21. The third-order valence-electron chi connectivity index (χ3n) is 3.23. The summed E-state index contributed by atoms with van der Waals surface area (Å²) in [5.74, 6) is -1.60. The van der Waals surface area contributed by atoms with E-state index in [1.807, 2.05) is 0 Å². The minimum absolute atomic E-state index is 0.170. The first-order chi connectivity index (χ1) is 13.1. The normalized spacial score (nSPS) is 10.9. The highest BCUT2D eigenvalue weighted by Crippen LogP contribution is 2.29. The molecule has 0 spiro atoms. The largest absolute Gasteiger partial charge is 0.477 e. The van der Waals surface area contributed by atoms with Gasteiger partial charge >= 0.3 is 11.7 Å². The fourth-order valence-electron chi connectivity index (χ4n) is 2.02. The van der Waals surface area contributed by atoms with Gasteiger partial charge in [-0.25, -0.2) is 18.4 Å². The van der Waals surface area contributed by atoms with Crippen LogP contribution in [0.25, 0.3) is 0 Å². The molecule has 11 nitrogen and oxygen atoms in total. The molecule has 0 radical (unpaired) electrons. The zero-order valence-electron chi connectivity index (χ0n) is 14.4. The monoisotopic (exact) mass is 429 g/mol. The number of nitrogens with one attached hydrogen (secondary N) is 1. The number of carbonyl (C=O) groups excluding carboxylic acids is 2. The highest BCUT2D eigenvalue weighted by molar-refractivity contribution is 7.89. The Kier molecular flexibility index (Phi) is 6.66. The quantitative estimate of drug-likeness (QED) is 0.361. The molecule has 150 valence electrons. The summed E-state index contributed by atoms with van der Waals surface area (Å²) in [6.45, 7) is 1.20. The summed E-state index contributed by atoms with van der Waals surface area (Å²) >= 11 is 1.09. The van der Waals surface area contributed by atoms with E-state index in [9.17, 15) is 28.1 Å². The van der Waals surface area contributed by atoms with Gasteiger partial charge in [-0.2, -0.15) is 0 Å². The molecule has 0 unspecified atom stereocenters. The first kappa shape index (κ1) is 21.3. The second kappa shape index (κ2) is 8.77. The van der Waals surface area contributed by atoms with E-state index in [-0.39, 0.29) is 22.9 Å². The molecule has 0 bridgehead atoms. The van der Waals surface area contributed by atoms with Crippen molar-refractivity contribution in [3.8, 4) is 5.75 Å². The van der Waals surface area contributed by atoms with Gasteiger partial charge < -0.3 is 14.8 Å². The first-order valence-electron chi connectivity index (χ1n) is 7.62. The molecule has 0 aliphatic rings. The van der Waals surface area contributed by atoms with E-state index < -0.39 is 44.0 Å². The van der Waals surface area contributed by atoms with Gasteiger partial charge in [0, 0.05) is 6.07 Å². The van der Waals surface area contributed by atoms with Crippen LogP contribution < -0.4 is 15.2 Å². The van der Waals surface area contributed by atoms with Gasteiger partial charge in [0.1, 0.15) is 5.00 Å². The Morgan fingerprint density at radius 3 is 2.64 bits per heavy atom. The Morgan fingerprint density at radius 1 is 1.32 bits per heavy atom. The van der Waals surface area contributed by atoms with Crippen LogP contribution in [0, 0.1) is 10.1 Å². The van der Waals surface area contributed by atoms with E-state index in [0.29, 0.717) is 0 Å². The molecule has 1 aromatic carbocycles. The van der Waals surface area contributed by atoms with Gasteiger partial charge in [-0.3, -0.25) is 14.9 Å². The zero-order chi connectivity index (χ0) is 20.9. The first-order valence-corrected chi connectivity index (χ1v) is 10.0. The van der Waals surface area contributed by atoms with Gasteiger partial charge in [0.15, 0.2) is 12.4 Å². The van der Waals surface area contributed by atoms with Gasteiger partial charge in [-0.05, 0) is 30.5 Å². The van der Waals surface area contributed by atoms with Crippen molar-refractivity contribution in [2.24, 2.45) is 5.14 Å². The van der Waals surface area contributed by atoms with Crippen LogP contribution in [0.3, 0.4) is 0 Å². The molecule has 28 heavy (non-hydrogen) atoms. The Morgan fingerprint density at radius 2 is 2.04 bits per heavy atom. The highest BCUT2D eigenvalue weighted by atomic mass is 32.2. The lowest BCUT2D eigenvalue weighted by molar-refractivity contribution is -0.386. The molecule has 0 saturated heterocycles. The number of benzene rings is 1. The van der Waals surface area contributed by atoms with Crippen molar-refractivity contribution in [1.82, 2.24) is 0 Å². The summed E-state index contributed by atoms with van der Waals surface area (Å²) in [5.41, 5.74) is -0.494. The van der Waals surface area contributed by atoms with E-state index in [0.717, 1.165) is 29.5 Å². The van der Waals surface area contributed by atoms with Crippen LogP contribution in [0.15, 0.2) is 34.5 Å². The minimum atomic E-state index is -4.14. The third kappa shape index (κ3) is 5.25. The van der Waals surface area contributed by atoms with Crippen LogP contribution in [-0.4, -0.2) is 38.4 Å². The molecular weight excluding hydrogens is 414 g/mol. The molecule has 0 aliphatic heterocycles. The van der Waals surface area contributed by atoms with Crippen LogP contribution in [0.2, 0.25) is 0 Å². The summed E-state index contributed by atoms with van der Waals surface area (Å²) < 4.78 is 32.6. The number of anilines is 1. The second-order valence-electron chi connectivity index (χ2n) is 5.15. The lowest BCUT2D eigenvalue weighted by atomic mass is 10.3. The van der Waals surface area contributed by atoms with Crippen molar-refractivity contribution >= 4 is 43.9 Å². The molecule has 2 aromatic rings. The standard InChI is InChI=1S/C15H15N3O8S2/c1-2-25-15(20)10-5-6-27-14(10)17-13(19)8-26-12-4-3-9(28(16,23)24)7-11(12)18(21)22/h3-7H,2,8H2,1H3,(H,17,19)(H2,16,23,24). The number of hydrogen-bond donors (Lipinski definition) is 2. The second-order valence-corrected chi connectivity index (χ2v) is 7.63. The summed E-state index contributed by atoms with van der Waals surface area (Å²) in [5, 5.41) is 20.3. The van der Waals surface area contributed by atoms with Crippen molar-refractivity contribution in [2.45, 2.75) is 11.8 Å². The fraction of sp³-hybridized carbons (Fsp3) is 0.200. The Labute approximate surface area is 163 Å². The maximum absolute atomic E-state index is 12.1. The number of esters is 1. The molecule has 0 fully saturated rings. The lowest BCUT2D eigenvalue weighted by Gasteiger charge is -2.09. The summed E-state index contributed by atoms with van der Waals surface area (Å²) in [4.78, 5) is 33.6. The molecule has 2 rings (SSSR count). The van der Waals surface area contributed by atoms with Crippen LogP contribution in [0.4, 0.5) is 10.7 Å². The Hall–Kier alpha value is -3.03. The average Bonchev–Trinajstić information content (AvgIpc) is 3.07. The number of ether oxygens (including phenoxy) is 2. The number of sulfonamides is 1. The van der Waals surface area contributed by atoms with Crippen molar-refractivity contribution in [1.29, 1.82) is 0 Å². The molecule has 1 aromatic heterocycles. The van der Waals surface area contributed by atoms with E-state index in [1.165, 1.54) is 6.07 Å². The number of nitrogens with zero attached hydrogens (tertiary/aromatic N) is 1. The van der Waals surface area contributed by atoms with Gasteiger partial charge in [0.25, 0.3) is 5.91 Å². The fourth-order valence-corrected chi connectivity index (χ4v) is 3.35. The molecule has 13 heteroatoms. The number of nitro benzene ring substituents is 1. The maximum atomic E-state index is 12.1.